The van der Waals surface area contributed by atoms with Gasteiger partial charge in [0.25, 0.3) is 0 Å². The Hall–Kier alpha value is -0.0800. The van der Waals surface area contributed by atoms with Crippen LogP contribution in [0.5, 0.6) is 0 Å². The smallest absolute Gasteiger partial charge is 0.0625 e. The first-order chi connectivity index (χ1) is 11.7. The highest BCUT2D eigenvalue weighted by molar-refractivity contribution is 4.69. The van der Waals surface area contributed by atoms with Crippen molar-refractivity contribution in [2.45, 2.75) is 122 Å². The van der Waals surface area contributed by atoms with E-state index in [0.717, 1.165) is 6.61 Å². The number of hydrogen-bond donors (Lipinski definition) is 0. The van der Waals surface area contributed by atoms with Gasteiger partial charge in [0.2, 0.25) is 0 Å². The van der Waals surface area contributed by atoms with Crippen LogP contribution < -0.4 is 0 Å². The molecular formula is C22H45NO. The van der Waals surface area contributed by atoms with Gasteiger partial charge in [0.1, 0.15) is 0 Å². The van der Waals surface area contributed by atoms with Crippen molar-refractivity contribution in [2.75, 3.05) is 20.7 Å². The van der Waals surface area contributed by atoms with E-state index in [9.17, 15) is 0 Å². The molecule has 2 nitrogen and oxygen atoms in total. The monoisotopic (exact) mass is 339 g/mol. The van der Waals surface area contributed by atoms with Crippen molar-refractivity contribution in [1.82, 2.24) is 4.90 Å². The number of nitrogens with zero attached hydrogens (tertiary/aromatic N) is 1. The SMILES string of the molecule is CCCCCCCCCCCC(COC1CCCCCC1)N(C)C. The molecule has 1 aliphatic carbocycles. The summed E-state index contributed by atoms with van der Waals surface area (Å²) >= 11 is 0. The molecule has 144 valence electrons. The second-order valence-corrected chi connectivity index (χ2v) is 8.18. The summed E-state index contributed by atoms with van der Waals surface area (Å²) in [5, 5.41) is 0. The van der Waals surface area contributed by atoms with Crippen LogP contribution >= 0.6 is 0 Å². The summed E-state index contributed by atoms with van der Waals surface area (Å²) in [5.41, 5.74) is 0. The minimum absolute atomic E-state index is 0.540. The van der Waals surface area contributed by atoms with Crippen molar-refractivity contribution in [2.24, 2.45) is 0 Å². The lowest BCUT2D eigenvalue weighted by Gasteiger charge is -2.26. The molecule has 0 spiro atoms. The summed E-state index contributed by atoms with van der Waals surface area (Å²) in [6.45, 7) is 3.23. The van der Waals surface area contributed by atoms with Gasteiger partial charge in [-0.3, -0.25) is 0 Å². The summed E-state index contributed by atoms with van der Waals surface area (Å²) in [5.74, 6) is 0. The van der Waals surface area contributed by atoms with E-state index in [1.165, 1.54) is 103 Å². The van der Waals surface area contributed by atoms with Crippen LogP contribution in [0.3, 0.4) is 0 Å². The number of likely N-dealkylation sites (N-methyl/N-ethyl adjacent to an activating group) is 1. The molecule has 1 atom stereocenters. The molecule has 0 aromatic carbocycles. The molecule has 0 radical (unpaired) electrons. The molecule has 1 rings (SSSR count). The zero-order valence-electron chi connectivity index (χ0n) is 17.0. The van der Waals surface area contributed by atoms with Gasteiger partial charge in [0.15, 0.2) is 0 Å². The Labute approximate surface area is 152 Å². The third-order valence-electron chi connectivity index (χ3n) is 5.70. The van der Waals surface area contributed by atoms with Crippen molar-refractivity contribution >= 4 is 0 Å². The fourth-order valence-electron chi connectivity index (χ4n) is 3.84. The maximum absolute atomic E-state index is 6.28. The lowest BCUT2D eigenvalue weighted by atomic mass is 10.0. The van der Waals surface area contributed by atoms with Gasteiger partial charge in [0, 0.05) is 6.04 Å². The van der Waals surface area contributed by atoms with Crippen LogP contribution in [0.1, 0.15) is 110 Å². The lowest BCUT2D eigenvalue weighted by Crippen LogP contribution is -2.34. The first kappa shape index (κ1) is 22.0. The normalized spacial score (nSPS) is 18.0. The average Bonchev–Trinajstić information content (AvgIpc) is 2.84. The first-order valence-electron chi connectivity index (χ1n) is 11.0. The highest BCUT2D eigenvalue weighted by Gasteiger charge is 2.17. The van der Waals surface area contributed by atoms with E-state index >= 15 is 0 Å². The Morgan fingerprint density at radius 3 is 1.88 bits per heavy atom. The van der Waals surface area contributed by atoms with Gasteiger partial charge in [-0.15, -0.1) is 0 Å². The van der Waals surface area contributed by atoms with Gasteiger partial charge >= 0.3 is 0 Å². The van der Waals surface area contributed by atoms with E-state index in [4.69, 9.17) is 4.74 Å². The zero-order chi connectivity index (χ0) is 17.5. The Morgan fingerprint density at radius 2 is 1.33 bits per heavy atom. The van der Waals surface area contributed by atoms with Crippen molar-refractivity contribution in [3.05, 3.63) is 0 Å². The third kappa shape index (κ3) is 11.5. The Bertz CT molecular complexity index is 259. The lowest BCUT2D eigenvalue weighted by molar-refractivity contribution is 0.00874. The Morgan fingerprint density at radius 1 is 0.792 bits per heavy atom. The molecule has 1 aliphatic rings. The standard InChI is InChI=1S/C22H45NO/c1-4-5-6-7-8-9-10-11-14-17-21(23(2)3)20-24-22-18-15-12-13-16-19-22/h21-22H,4-20H2,1-3H3. The fourth-order valence-corrected chi connectivity index (χ4v) is 3.84. The molecule has 1 saturated carbocycles. The maximum Gasteiger partial charge on any atom is 0.0625 e. The van der Waals surface area contributed by atoms with Crippen molar-refractivity contribution in [3.8, 4) is 0 Å². The minimum atomic E-state index is 0.540. The van der Waals surface area contributed by atoms with Gasteiger partial charge in [0.05, 0.1) is 12.7 Å². The summed E-state index contributed by atoms with van der Waals surface area (Å²) in [6, 6.07) is 0.609. The minimum Gasteiger partial charge on any atom is -0.377 e. The molecular weight excluding hydrogens is 294 g/mol. The number of unbranched alkanes of at least 4 members (excludes halogenated alkanes) is 8. The predicted molar refractivity (Wildman–Crippen MR) is 107 cm³/mol. The second kappa shape index (κ2) is 15.2. The molecule has 0 N–H and O–H groups in total. The summed E-state index contributed by atoms with van der Waals surface area (Å²) < 4.78 is 6.28. The molecule has 0 aliphatic heterocycles. The number of rotatable bonds is 14. The second-order valence-electron chi connectivity index (χ2n) is 8.18. The largest absolute Gasteiger partial charge is 0.377 e. The first-order valence-corrected chi connectivity index (χ1v) is 11.0. The summed E-state index contributed by atoms with van der Waals surface area (Å²) in [7, 11) is 4.43. The number of ether oxygens (including phenoxy) is 1. The quantitative estimate of drug-likeness (QED) is 0.262. The zero-order valence-corrected chi connectivity index (χ0v) is 17.0. The van der Waals surface area contributed by atoms with Gasteiger partial charge in [-0.25, -0.2) is 0 Å². The molecule has 0 saturated heterocycles. The predicted octanol–water partition coefficient (Wildman–Crippen LogP) is 6.58. The van der Waals surface area contributed by atoms with Crippen LogP contribution in [0.4, 0.5) is 0 Å². The Balaban J connectivity index is 2.04. The number of hydrogen-bond acceptors (Lipinski definition) is 2. The van der Waals surface area contributed by atoms with E-state index in [1.807, 2.05) is 0 Å². The molecule has 0 aromatic heterocycles. The third-order valence-corrected chi connectivity index (χ3v) is 5.70. The van der Waals surface area contributed by atoms with E-state index in [-0.39, 0.29) is 0 Å². The Kier molecular flexibility index (Phi) is 13.9. The average molecular weight is 340 g/mol. The fraction of sp³-hybridized carbons (Fsp3) is 1.00. The van der Waals surface area contributed by atoms with Crippen LogP contribution in [0.25, 0.3) is 0 Å². The van der Waals surface area contributed by atoms with Crippen LogP contribution in [0.2, 0.25) is 0 Å². The van der Waals surface area contributed by atoms with Gasteiger partial charge < -0.3 is 9.64 Å². The van der Waals surface area contributed by atoms with Crippen LogP contribution in [-0.2, 0) is 4.74 Å². The summed E-state index contributed by atoms with van der Waals surface area (Å²) in [4.78, 5) is 2.38. The summed E-state index contributed by atoms with van der Waals surface area (Å²) in [6.07, 6.45) is 22.7. The van der Waals surface area contributed by atoms with E-state index < -0.39 is 0 Å². The maximum atomic E-state index is 6.28. The molecule has 0 aromatic rings. The van der Waals surface area contributed by atoms with Crippen molar-refractivity contribution in [3.63, 3.8) is 0 Å². The highest BCUT2D eigenvalue weighted by Crippen LogP contribution is 2.21. The van der Waals surface area contributed by atoms with Gasteiger partial charge in [-0.1, -0.05) is 90.4 Å². The molecule has 1 unspecified atom stereocenters. The molecule has 1 fully saturated rings. The molecule has 2 heteroatoms. The van der Waals surface area contributed by atoms with Crippen LogP contribution in [-0.4, -0.2) is 37.7 Å². The topological polar surface area (TPSA) is 12.5 Å². The van der Waals surface area contributed by atoms with Gasteiger partial charge in [-0.2, -0.15) is 0 Å². The van der Waals surface area contributed by atoms with Gasteiger partial charge in [-0.05, 0) is 33.4 Å². The van der Waals surface area contributed by atoms with Crippen molar-refractivity contribution < 1.29 is 4.74 Å². The van der Waals surface area contributed by atoms with Crippen LogP contribution in [0, 0.1) is 0 Å². The molecule has 0 amide bonds. The van der Waals surface area contributed by atoms with Crippen molar-refractivity contribution in [1.29, 1.82) is 0 Å². The highest BCUT2D eigenvalue weighted by atomic mass is 16.5. The van der Waals surface area contributed by atoms with Crippen LogP contribution in [0.15, 0.2) is 0 Å². The van der Waals surface area contributed by atoms with E-state index in [2.05, 4.69) is 25.9 Å². The van der Waals surface area contributed by atoms with E-state index in [0.29, 0.717) is 12.1 Å². The molecule has 24 heavy (non-hydrogen) atoms. The van der Waals surface area contributed by atoms with E-state index in [1.54, 1.807) is 0 Å². The molecule has 0 bridgehead atoms. The molecule has 0 heterocycles.